The van der Waals surface area contributed by atoms with Crippen molar-refractivity contribution in [2.45, 2.75) is 38.6 Å². The van der Waals surface area contributed by atoms with Gasteiger partial charge in [0.25, 0.3) is 0 Å². The fourth-order valence-corrected chi connectivity index (χ4v) is 3.99. The summed E-state index contributed by atoms with van der Waals surface area (Å²) in [5, 5.41) is 0. The number of hydrogen-bond donors (Lipinski definition) is 0. The van der Waals surface area contributed by atoms with Crippen LogP contribution in [0, 0.1) is 6.92 Å². The van der Waals surface area contributed by atoms with Crippen molar-refractivity contribution in [2.75, 3.05) is 33.4 Å². The number of hydrogen-bond acceptors (Lipinski definition) is 6. The molecule has 144 valence electrons. The van der Waals surface area contributed by atoms with Gasteiger partial charge < -0.3 is 14.2 Å². The smallest absolute Gasteiger partial charge is 0.164 e. The lowest BCUT2D eigenvalue weighted by molar-refractivity contribution is 0.200. The van der Waals surface area contributed by atoms with Gasteiger partial charge in [0, 0.05) is 42.4 Å². The van der Waals surface area contributed by atoms with Gasteiger partial charge >= 0.3 is 0 Å². The molecular formula is C21H27N3O3. The Hall–Kier alpha value is -2.34. The molecule has 1 saturated heterocycles. The van der Waals surface area contributed by atoms with E-state index in [9.17, 15) is 0 Å². The fourth-order valence-electron chi connectivity index (χ4n) is 3.99. The van der Waals surface area contributed by atoms with Crippen LogP contribution in [0.15, 0.2) is 24.7 Å². The molecule has 0 aliphatic carbocycles. The topological polar surface area (TPSA) is 56.7 Å². The predicted octanol–water partition coefficient (Wildman–Crippen LogP) is 3.33. The summed E-state index contributed by atoms with van der Waals surface area (Å²) in [6, 6.07) is 4.05. The molecule has 0 N–H and O–H groups in total. The van der Waals surface area contributed by atoms with Crippen LogP contribution < -0.4 is 14.2 Å². The Morgan fingerprint density at radius 1 is 1.15 bits per heavy atom. The van der Waals surface area contributed by atoms with Crippen LogP contribution in [-0.2, 0) is 6.54 Å². The van der Waals surface area contributed by atoms with Crippen LogP contribution in [0.3, 0.4) is 0 Å². The normalized spacial score (nSPS) is 18.1. The van der Waals surface area contributed by atoms with Crippen molar-refractivity contribution in [3.63, 3.8) is 0 Å². The summed E-state index contributed by atoms with van der Waals surface area (Å²) in [6.07, 6.45) is 6.71. The number of piperidine rings is 1. The Kier molecular flexibility index (Phi) is 5.43. The van der Waals surface area contributed by atoms with E-state index in [4.69, 9.17) is 14.2 Å². The van der Waals surface area contributed by atoms with E-state index in [1.54, 1.807) is 13.4 Å². The third-order valence-corrected chi connectivity index (χ3v) is 5.45. The van der Waals surface area contributed by atoms with Gasteiger partial charge in [-0.2, -0.15) is 0 Å². The third-order valence-electron chi connectivity index (χ3n) is 5.45. The van der Waals surface area contributed by atoms with E-state index < -0.39 is 0 Å². The van der Waals surface area contributed by atoms with Crippen LogP contribution in [-0.4, -0.2) is 48.3 Å². The van der Waals surface area contributed by atoms with Crippen molar-refractivity contribution in [3.05, 3.63) is 41.5 Å². The van der Waals surface area contributed by atoms with E-state index in [2.05, 4.69) is 27.9 Å². The summed E-state index contributed by atoms with van der Waals surface area (Å²) in [5.41, 5.74) is 3.55. The molecule has 4 rings (SSSR count). The summed E-state index contributed by atoms with van der Waals surface area (Å²) in [5.74, 6) is 3.00. The minimum absolute atomic E-state index is 0.523. The molecule has 6 nitrogen and oxygen atoms in total. The van der Waals surface area contributed by atoms with Gasteiger partial charge in [-0.05, 0) is 44.5 Å². The zero-order valence-corrected chi connectivity index (χ0v) is 16.1. The Bertz CT molecular complexity index is 788. The Balaban J connectivity index is 1.44. The van der Waals surface area contributed by atoms with Crippen LogP contribution in [0.1, 0.15) is 42.0 Å². The van der Waals surface area contributed by atoms with E-state index in [1.165, 1.54) is 11.3 Å². The molecular weight excluding hydrogens is 342 g/mol. The molecule has 6 heteroatoms. The van der Waals surface area contributed by atoms with E-state index in [1.807, 2.05) is 12.3 Å². The second kappa shape index (κ2) is 8.13. The highest BCUT2D eigenvalue weighted by molar-refractivity contribution is 5.51. The number of benzene rings is 1. The number of aryl methyl sites for hydroxylation is 1. The molecule has 1 fully saturated rings. The maximum absolute atomic E-state index is 5.85. The molecule has 0 amide bonds. The fraction of sp³-hybridized carbons (Fsp3) is 0.524. The average Bonchev–Trinajstić information content (AvgIpc) is 2.93. The summed E-state index contributed by atoms with van der Waals surface area (Å²) >= 11 is 0. The van der Waals surface area contributed by atoms with E-state index >= 15 is 0 Å². The lowest BCUT2D eigenvalue weighted by atomic mass is 9.91. The third kappa shape index (κ3) is 4.00. The molecule has 27 heavy (non-hydrogen) atoms. The quantitative estimate of drug-likeness (QED) is 0.824. The maximum atomic E-state index is 5.85. The highest BCUT2D eigenvalue weighted by Gasteiger charge is 2.24. The van der Waals surface area contributed by atoms with Crippen LogP contribution in [0.4, 0.5) is 0 Å². The standard InChI is InChI=1S/C21H27N3O3/c1-15-12-22-14-23-21(15)16-4-6-24(7-5-16)13-17-10-19-20(11-18(17)25-2)27-9-3-8-26-19/h10-12,14,16H,3-9,13H2,1-2H3. The van der Waals surface area contributed by atoms with Crippen molar-refractivity contribution in [3.8, 4) is 17.2 Å². The molecule has 0 atom stereocenters. The molecule has 1 aromatic heterocycles. The first-order chi connectivity index (χ1) is 13.2. The summed E-state index contributed by atoms with van der Waals surface area (Å²) in [4.78, 5) is 11.1. The van der Waals surface area contributed by atoms with Gasteiger partial charge in [-0.15, -0.1) is 0 Å². The second-order valence-electron chi connectivity index (χ2n) is 7.30. The van der Waals surface area contributed by atoms with Crippen molar-refractivity contribution >= 4 is 0 Å². The first kappa shape index (κ1) is 18.0. The number of fused-ring (bicyclic) bond motifs is 1. The molecule has 1 aromatic carbocycles. The van der Waals surface area contributed by atoms with Crippen LogP contribution in [0.5, 0.6) is 17.2 Å². The zero-order valence-electron chi connectivity index (χ0n) is 16.1. The first-order valence-electron chi connectivity index (χ1n) is 9.70. The number of likely N-dealkylation sites (tertiary alicyclic amines) is 1. The lowest BCUT2D eigenvalue weighted by Crippen LogP contribution is -2.33. The SMILES string of the molecule is COc1cc2c(cc1CN1CCC(c3ncncc3C)CC1)OCCCO2. The lowest BCUT2D eigenvalue weighted by Gasteiger charge is -2.32. The molecule has 2 aliphatic rings. The molecule has 0 saturated carbocycles. The molecule has 3 heterocycles. The summed E-state index contributed by atoms with van der Waals surface area (Å²) in [7, 11) is 1.72. The highest BCUT2D eigenvalue weighted by Crippen LogP contribution is 2.37. The Morgan fingerprint density at radius 3 is 2.59 bits per heavy atom. The van der Waals surface area contributed by atoms with Crippen molar-refractivity contribution in [1.82, 2.24) is 14.9 Å². The average molecular weight is 369 g/mol. The summed E-state index contributed by atoms with van der Waals surface area (Å²) in [6.45, 7) is 6.44. The van der Waals surface area contributed by atoms with E-state index in [0.29, 0.717) is 19.1 Å². The molecule has 0 spiro atoms. The Morgan fingerprint density at radius 2 is 1.89 bits per heavy atom. The molecule has 2 aromatic rings. The van der Waals surface area contributed by atoms with Gasteiger partial charge in [0.1, 0.15) is 12.1 Å². The molecule has 0 bridgehead atoms. The van der Waals surface area contributed by atoms with Crippen molar-refractivity contribution in [2.24, 2.45) is 0 Å². The van der Waals surface area contributed by atoms with Crippen LogP contribution >= 0.6 is 0 Å². The van der Waals surface area contributed by atoms with Gasteiger partial charge in [-0.25, -0.2) is 9.97 Å². The Labute approximate surface area is 160 Å². The van der Waals surface area contributed by atoms with Gasteiger partial charge in [0.15, 0.2) is 11.5 Å². The van der Waals surface area contributed by atoms with Gasteiger partial charge in [0.2, 0.25) is 0 Å². The molecule has 0 unspecified atom stereocenters. The number of aromatic nitrogens is 2. The van der Waals surface area contributed by atoms with Crippen LogP contribution in [0.25, 0.3) is 0 Å². The molecule has 0 radical (unpaired) electrons. The monoisotopic (exact) mass is 369 g/mol. The van der Waals surface area contributed by atoms with Crippen molar-refractivity contribution in [1.29, 1.82) is 0 Å². The molecule has 2 aliphatic heterocycles. The van der Waals surface area contributed by atoms with Gasteiger partial charge in [-0.1, -0.05) is 0 Å². The number of rotatable bonds is 4. The number of ether oxygens (including phenoxy) is 3. The minimum atomic E-state index is 0.523. The minimum Gasteiger partial charge on any atom is -0.496 e. The number of methoxy groups -OCH3 is 1. The second-order valence-corrected chi connectivity index (χ2v) is 7.30. The zero-order chi connectivity index (χ0) is 18.6. The van der Waals surface area contributed by atoms with Gasteiger partial charge in [-0.3, -0.25) is 4.90 Å². The largest absolute Gasteiger partial charge is 0.496 e. The highest BCUT2D eigenvalue weighted by atomic mass is 16.5. The number of nitrogens with zero attached hydrogens (tertiary/aromatic N) is 3. The van der Waals surface area contributed by atoms with Gasteiger partial charge in [0.05, 0.1) is 20.3 Å². The van der Waals surface area contributed by atoms with Crippen LogP contribution in [0.2, 0.25) is 0 Å². The maximum Gasteiger partial charge on any atom is 0.164 e. The van der Waals surface area contributed by atoms with E-state index in [0.717, 1.165) is 61.7 Å². The predicted molar refractivity (Wildman–Crippen MR) is 103 cm³/mol. The summed E-state index contributed by atoms with van der Waals surface area (Å²) < 4.78 is 17.3. The van der Waals surface area contributed by atoms with E-state index in [-0.39, 0.29) is 0 Å². The van der Waals surface area contributed by atoms with Crippen molar-refractivity contribution < 1.29 is 14.2 Å². The first-order valence-corrected chi connectivity index (χ1v) is 9.70.